The van der Waals surface area contributed by atoms with E-state index in [1.807, 2.05) is 44.2 Å². The Kier molecular flexibility index (Phi) is 20.3. The first-order valence-corrected chi connectivity index (χ1v) is 17.3. The van der Waals surface area contributed by atoms with Crippen LogP contribution in [0.5, 0.6) is 0 Å². The van der Waals surface area contributed by atoms with Gasteiger partial charge in [0.15, 0.2) is 0 Å². The van der Waals surface area contributed by atoms with E-state index in [4.69, 9.17) is 5.73 Å². The van der Waals surface area contributed by atoms with E-state index in [0.29, 0.717) is 12.8 Å². The SMILES string of the molecule is CCCCCCCCCCCCCC(=O)N[C@@H](CCC(=O)O)C(=O)N(C)[C@@H](Cc1ccccc1)C(=O)N(C)[C@@H](CC(C)C)C(N)=O. The quantitative estimate of drug-likeness (QED) is 0.120. The molecule has 1 rings (SSSR count). The van der Waals surface area contributed by atoms with E-state index >= 15 is 0 Å². The Morgan fingerprint density at radius 2 is 1.28 bits per heavy atom. The Morgan fingerprint density at radius 1 is 0.761 bits per heavy atom. The zero-order valence-electron chi connectivity index (χ0n) is 29.0. The van der Waals surface area contributed by atoms with Crippen LogP contribution in [0.4, 0.5) is 0 Å². The van der Waals surface area contributed by atoms with Gasteiger partial charge in [-0.15, -0.1) is 0 Å². The van der Waals surface area contributed by atoms with Crippen molar-refractivity contribution in [3.05, 3.63) is 35.9 Å². The van der Waals surface area contributed by atoms with Crippen molar-refractivity contribution >= 4 is 29.6 Å². The molecule has 0 saturated carbocycles. The highest BCUT2D eigenvalue weighted by molar-refractivity contribution is 5.94. The Morgan fingerprint density at radius 3 is 1.78 bits per heavy atom. The van der Waals surface area contributed by atoms with Crippen LogP contribution in [0.1, 0.15) is 123 Å². The van der Waals surface area contributed by atoms with Gasteiger partial charge in [-0.1, -0.05) is 115 Å². The van der Waals surface area contributed by atoms with Gasteiger partial charge in [-0.25, -0.2) is 0 Å². The van der Waals surface area contributed by atoms with Crippen molar-refractivity contribution < 1.29 is 29.1 Å². The number of carbonyl (C=O) groups excluding carboxylic acids is 4. The topological polar surface area (TPSA) is 150 Å². The van der Waals surface area contributed by atoms with E-state index in [9.17, 15) is 29.1 Å². The molecule has 0 saturated heterocycles. The molecule has 10 nitrogen and oxygen atoms in total. The molecule has 0 unspecified atom stereocenters. The third-order valence-corrected chi connectivity index (χ3v) is 8.50. The number of rotatable bonds is 25. The summed E-state index contributed by atoms with van der Waals surface area (Å²) in [6, 6.07) is 6.22. The number of hydrogen-bond acceptors (Lipinski definition) is 5. The van der Waals surface area contributed by atoms with Crippen molar-refractivity contribution in [2.75, 3.05) is 14.1 Å². The van der Waals surface area contributed by atoms with Crippen LogP contribution in [0.2, 0.25) is 0 Å². The van der Waals surface area contributed by atoms with Crippen LogP contribution < -0.4 is 11.1 Å². The molecule has 0 aliphatic heterocycles. The number of likely N-dealkylation sites (N-methyl/N-ethyl adjacent to an activating group) is 2. The minimum Gasteiger partial charge on any atom is -0.481 e. The molecule has 46 heavy (non-hydrogen) atoms. The maximum absolute atomic E-state index is 13.9. The summed E-state index contributed by atoms with van der Waals surface area (Å²) in [5.41, 5.74) is 6.47. The summed E-state index contributed by atoms with van der Waals surface area (Å²) in [6.07, 6.45) is 13.0. The predicted octanol–water partition coefficient (Wildman–Crippen LogP) is 5.47. The summed E-state index contributed by atoms with van der Waals surface area (Å²) in [5, 5.41) is 12.1. The predicted molar refractivity (Wildman–Crippen MR) is 182 cm³/mol. The van der Waals surface area contributed by atoms with Crippen LogP contribution in [-0.2, 0) is 30.4 Å². The van der Waals surface area contributed by atoms with Crippen molar-refractivity contribution in [1.82, 2.24) is 15.1 Å². The number of unbranched alkanes of at least 4 members (excludes halogenated alkanes) is 10. The van der Waals surface area contributed by atoms with E-state index in [0.717, 1.165) is 24.8 Å². The molecule has 1 aromatic rings. The van der Waals surface area contributed by atoms with Crippen molar-refractivity contribution in [3.8, 4) is 0 Å². The van der Waals surface area contributed by atoms with Crippen molar-refractivity contribution in [2.45, 2.75) is 142 Å². The van der Waals surface area contributed by atoms with Gasteiger partial charge in [-0.3, -0.25) is 24.0 Å². The fraction of sp³-hybridized carbons (Fsp3) is 0.694. The second-order valence-corrected chi connectivity index (χ2v) is 13.0. The van der Waals surface area contributed by atoms with Crippen LogP contribution >= 0.6 is 0 Å². The lowest BCUT2D eigenvalue weighted by atomic mass is 9.98. The summed E-state index contributed by atoms with van der Waals surface area (Å²) in [6.45, 7) is 6.07. The highest BCUT2D eigenvalue weighted by Gasteiger charge is 2.37. The largest absolute Gasteiger partial charge is 0.481 e. The zero-order valence-corrected chi connectivity index (χ0v) is 29.0. The van der Waals surface area contributed by atoms with Crippen molar-refractivity contribution in [3.63, 3.8) is 0 Å². The molecule has 0 aromatic heterocycles. The molecular weight excluding hydrogens is 584 g/mol. The highest BCUT2D eigenvalue weighted by atomic mass is 16.4. The number of aliphatic carboxylic acids is 1. The average Bonchev–Trinajstić information content (AvgIpc) is 3.02. The van der Waals surface area contributed by atoms with E-state index in [-0.39, 0.29) is 37.5 Å². The Hall–Kier alpha value is -3.43. The van der Waals surface area contributed by atoms with Crippen LogP contribution in [0.25, 0.3) is 0 Å². The van der Waals surface area contributed by atoms with Gasteiger partial charge in [0.25, 0.3) is 0 Å². The number of amides is 4. The number of nitrogens with two attached hydrogens (primary N) is 1. The number of carboxylic acids is 1. The van der Waals surface area contributed by atoms with Crippen LogP contribution in [0, 0.1) is 5.92 Å². The number of nitrogens with one attached hydrogen (secondary N) is 1. The maximum atomic E-state index is 13.9. The number of carbonyl (C=O) groups is 5. The Labute approximate surface area is 276 Å². The average molecular weight is 645 g/mol. The second kappa shape index (κ2) is 23.0. The molecule has 0 aliphatic carbocycles. The fourth-order valence-electron chi connectivity index (χ4n) is 5.67. The number of benzene rings is 1. The molecule has 0 spiro atoms. The first-order chi connectivity index (χ1) is 21.9. The number of hydrogen-bond donors (Lipinski definition) is 3. The van der Waals surface area contributed by atoms with E-state index in [1.165, 1.54) is 68.8 Å². The van der Waals surface area contributed by atoms with Crippen molar-refractivity contribution in [2.24, 2.45) is 11.7 Å². The molecule has 4 N–H and O–H groups in total. The molecule has 0 radical (unpaired) electrons. The van der Waals surface area contributed by atoms with E-state index < -0.39 is 41.8 Å². The molecule has 0 heterocycles. The molecule has 0 aliphatic rings. The summed E-state index contributed by atoms with van der Waals surface area (Å²) >= 11 is 0. The van der Waals surface area contributed by atoms with E-state index in [1.54, 1.807) is 0 Å². The molecular formula is C36H60N4O6. The first-order valence-electron chi connectivity index (χ1n) is 17.3. The maximum Gasteiger partial charge on any atom is 0.303 e. The second-order valence-electron chi connectivity index (χ2n) is 13.0. The first kappa shape index (κ1) is 40.6. The van der Waals surface area contributed by atoms with Gasteiger partial charge in [0.1, 0.15) is 18.1 Å². The van der Waals surface area contributed by atoms with Crippen LogP contribution in [0.15, 0.2) is 30.3 Å². The summed E-state index contributed by atoms with van der Waals surface area (Å²) in [7, 11) is 2.99. The van der Waals surface area contributed by atoms with Gasteiger partial charge >= 0.3 is 5.97 Å². The molecule has 4 amide bonds. The summed E-state index contributed by atoms with van der Waals surface area (Å²) < 4.78 is 0. The fourth-order valence-corrected chi connectivity index (χ4v) is 5.67. The molecule has 260 valence electrons. The molecule has 0 bridgehead atoms. The molecule has 10 heteroatoms. The number of primary amides is 1. The third kappa shape index (κ3) is 16.2. The number of carboxylic acid groups (broad SMARTS) is 1. The molecule has 3 atom stereocenters. The minimum absolute atomic E-state index is 0.0932. The molecule has 0 fully saturated rings. The van der Waals surface area contributed by atoms with Gasteiger partial charge in [0.05, 0.1) is 0 Å². The standard InChI is InChI=1S/C36H60N4O6/c1-6-7-8-9-10-11-12-13-14-15-19-22-32(41)38-29(23-24-33(42)43)35(45)40(5)31(26-28-20-17-16-18-21-28)36(46)39(4)30(34(37)44)25-27(2)3/h16-18,20-21,27,29-31H,6-15,19,22-26H2,1-5H3,(H2,37,44)(H,38,41)(H,42,43)/t29-,30-,31-/m0/s1. The number of nitrogens with zero attached hydrogens (tertiary/aromatic N) is 2. The smallest absolute Gasteiger partial charge is 0.303 e. The Balaban J connectivity index is 2.94. The van der Waals surface area contributed by atoms with Crippen LogP contribution in [-0.4, -0.2) is 76.7 Å². The lowest BCUT2D eigenvalue weighted by molar-refractivity contribution is -0.149. The van der Waals surface area contributed by atoms with Gasteiger partial charge in [0.2, 0.25) is 23.6 Å². The molecule has 1 aromatic carbocycles. The summed E-state index contributed by atoms with van der Waals surface area (Å²) in [4.78, 5) is 67.0. The lowest BCUT2D eigenvalue weighted by Crippen LogP contribution is -2.58. The van der Waals surface area contributed by atoms with Crippen molar-refractivity contribution in [1.29, 1.82) is 0 Å². The summed E-state index contributed by atoms with van der Waals surface area (Å²) in [5.74, 6) is -2.97. The highest BCUT2D eigenvalue weighted by Crippen LogP contribution is 2.18. The lowest BCUT2D eigenvalue weighted by Gasteiger charge is -2.36. The monoisotopic (exact) mass is 644 g/mol. The van der Waals surface area contributed by atoms with Gasteiger partial charge in [-0.2, -0.15) is 0 Å². The Bertz CT molecular complexity index is 1060. The third-order valence-electron chi connectivity index (χ3n) is 8.50. The van der Waals surface area contributed by atoms with Gasteiger partial charge in [-0.05, 0) is 30.7 Å². The zero-order chi connectivity index (χ0) is 34.5. The normalized spacial score (nSPS) is 13.1. The minimum atomic E-state index is -1.11. The van der Waals surface area contributed by atoms with Crippen LogP contribution in [0.3, 0.4) is 0 Å². The van der Waals surface area contributed by atoms with Gasteiger partial charge < -0.3 is 26.0 Å². The van der Waals surface area contributed by atoms with Gasteiger partial charge in [0, 0.05) is 33.4 Å². The van der Waals surface area contributed by atoms with E-state index in [2.05, 4.69) is 12.2 Å².